The van der Waals surface area contributed by atoms with Crippen LogP contribution in [0.15, 0.2) is 16.2 Å². The smallest absolute Gasteiger partial charge is 0.317 e. The van der Waals surface area contributed by atoms with E-state index in [1.54, 1.807) is 0 Å². The van der Waals surface area contributed by atoms with Gasteiger partial charge in [0.2, 0.25) is 0 Å². The molecule has 1 saturated carbocycles. The number of nitrogens with one attached hydrogen (secondary N) is 1. The van der Waals surface area contributed by atoms with E-state index in [4.69, 9.17) is 9.26 Å². The highest BCUT2D eigenvalue weighted by Gasteiger charge is 2.27. The summed E-state index contributed by atoms with van der Waals surface area (Å²) in [5, 5.41) is 6.94. The molecule has 0 aromatic carbocycles. The molecule has 0 spiro atoms. The fourth-order valence-corrected chi connectivity index (χ4v) is 3.81. The Morgan fingerprint density at radius 2 is 2.19 bits per heavy atom. The van der Waals surface area contributed by atoms with Gasteiger partial charge in [0.15, 0.2) is 5.82 Å². The average molecular weight is 374 g/mol. The maximum Gasteiger partial charge on any atom is 0.317 e. The van der Waals surface area contributed by atoms with Gasteiger partial charge in [-0.3, -0.25) is 0 Å². The standard InChI is InChI=1S/C20H30N4O3/c25-20(21-13-18-22-19(27-23-18)17-7-4-12-26-17)24(14-16-8-9-16)11-10-15-5-2-1-3-6-15/h5,16-17H,1-4,6-14H2,(H,21,25)/t17-/m0/s1. The van der Waals surface area contributed by atoms with Crippen molar-refractivity contribution >= 4 is 6.03 Å². The zero-order valence-electron chi connectivity index (χ0n) is 16.0. The Hall–Kier alpha value is -1.89. The van der Waals surface area contributed by atoms with E-state index in [-0.39, 0.29) is 12.1 Å². The first kappa shape index (κ1) is 18.5. The molecule has 1 aromatic rings. The first-order valence-corrected chi connectivity index (χ1v) is 10.4. The number of carbonyl (C=O) groups excluding carboxylic acids is 1. The molecule has 3 aliphatic rings. The lowest BCUT2D eigenvalue weighted by molar-refractivity contribution is 0.0835. The number of allylic oxidation sites excluding steroid dienone is 1. The minimum atomic E-state index is -0.0860. The number of ether oxygens (including phenoxy) is 1. The van der Waals surface area contributed by atoms with E-state index in [0.29, 0.717) is 24.2 Å². The molecule has 7 nitrogen and oxygen atoms in total. The molecular weight excluding hydrogens is 344 g/mol. The lowest BCUT2D eigenvalue weighted by Crippen LogP contribution is -2.41. The molecule has 0 radical (unpaired) electrons. The van der Waals surface area contributed by atoms with E-state index in [9.17, 15) is 4.79 Å². The van der Waals surface area contributed by atoms with Crippen molar-refractivity contribution < 1.29 is 14.1 Å². The van der Waals surface area contributed by atoms with Gasteiger partial charge in [0.1, 0.15) is 6.10 Å². The third-order valence-electron chi connectivity index (χ3n) is 5.64. The summed E-state index contributed by atoms with van der Waals surface area (Å²) in [5.41, 5.74) is 1.51. The van der Waals surface area contributed by atoms with Gasteiger partial charge < -0.3 is 19.5 Å². The fraction of sp³-hybridized carbons (Fsp3) is 0.750. The molecule has 27 heavy (non-hydrogen) atoms. The number of amides is 2. The highest BCUT2D eigenvalue weighted by atomic mass is 16.5. The van der Waals surface area contributed by atoms with Crippen LogP contribution in [0.25, 0.3) is 0 Å². The molecule has 148 valence electrons. The zero-order valence-corrected chi connectivity index (χ0v) is 16.0. The lowest BCUT2D eigenvalue weighted by Gasteiger charge is -2.24. The molecule has 2 heterocycles. The SMILES string of the molecule is O=C(NCc1noc([C@@H]2CCCO2)n1)N(CCC1=CCCCC1)CC1CC1. The first-order chi connectivity index (χ1) is 13.3. The topological polar surface area (TPSA) is 80.5 Å². The molecule has 1 atom stereocenters. The molecule has 7 heteroatoms. The number of carbonyl (C=O) groups is 1. The minimum absolute atomic E-state index is 0.0261. The van der Waals surface area contributed by atoms with Crippen molar-refractivity contribution in [1.29, 1.82) is 0 Å². The van der Waals surface area contributed by atoms with Crippen molar-refractivity contribution in [2.24, 2.45) is 5.92 Å². The number of hydrogen-bond donors (Lipinski definition) is 1. The Labute approximate surface area is 160 Å². The summed E-state index contributed by atoms with van der Waals surface area (Å²) in [7, 11) is 0. The third-order valence-corrected chi connectivity index (χ3v) is 5.64. The molecule has 2 fully saturated rings. The predicted octanol–water partition coefficient (Wildman–Crippen LogP) is 3.73. The van der Waals surface area contributed by atoms with Crippen molar-refractivity contribution in [1.82, 2.24) is 20.4 Å². The van der Waals surface area contributed by atoms with Crippen molar-refractivity contribution in [3.05, 3.63) is 23.4 Å². The molecule has 0 unspecified atom stereocenters. The van der Waals surface area contributed by atoms with Gasteiger partial charge in [0.05, 0.1) is 6.54 Å². The number of rotatable bonds is 8. The van der Waals surface area contributed by atoms with Crippen LogP contribution >= 0.6 is 0 Å². The maximum absolute atomic E-state index is 12.7. The van der Waals surface area contributed by atoms with Crippen LogP contribution < -0.4 is 5.32 Å². The van der Waals surface area contributed by atoms with Gasteiger partial charge in [0, 0.05) is 19.7 Å². The fourth-order valence-electron chi connectivity index (χ4n) is 3.81. The van der Waals surface area contributed by atoms with Crippen molar-refractivity contribution in [3.63, 3.8) is 0 Å². The summed E-state index contributed by atoms with van der Waals surface area (Å²) in [5.74, 6) is 1.71. The number of aromatic nitrogens is 2. The molecule has 2 aliphatic carbocycles. The molecule has 1 saturated heterocycles. The van der Waals surface area contributed by atoms with Crippen LogP contribution in [-0.4, -0.2) is 40.8 Å². The average Bonchev–Trinajstić information content (AvgIpc) is 3.16. The van der Waals surface area contributed by atoms with Crippen molar-refractivity contribution in [2.45, 2.75) is 70.4 Å². The highest BCUT2D eigenvalue weighted by molar-refractivity contribution is 5.74. The van der Waals surface area contributed by atoms with Crippen LogP contribution in [0.3, 0.4) is 0 Å². The first-order valence-electron chi connectivity index (χ1n) is 10.4. The van der Waals surface area contributed by atoms with Gasteiger partial charge in [0.25, 0.3) is 5.89 Å². The summed E-state index contributed by atoms with van der Waals surface area (Å²) in [6.45, 7) is 2.68. The molecule has 1 aliphatic heterocycles. The summed E-state index contributed by atoms with van der Waals surface area (Å²) in [6.07, 6.45) is 12.6. The van der Waals surface area contributed by atoms with Crippen LogP contribution in [0.4, 0.5) is 4.79 Å². The quantitative estimate of drug-likeness (QED) is 0.701. The van der Waals surface area contributed by atoms with E-state index < -0.39 is 0 Å². The van der Waals surface area contributed by atoms with Crippen LogP contribution in [0, 0.1) is 5.92 Å². The molecule has 1 N–H and O–H groups in total. The van der Waals surface area contributed by atoms with Gasteiger partial charge in [-0.2, -0.15) is 4.98 Å². The van der Waals surface area contributed by atoms with E-state index >= 15 is 0 Å². The summed E-state index contributed by atoms with van der Waals surface area (Å²) < 4.78 is 10.8. The number of urea groups is 1. The van der Waals surface area contributed by atoms with Gasteiger partial charge in [-0.05, 0) is 63.7 Å². The Morgan fingerprint density at radius 3 is 2.93 bits per heavy atom. The molecule has 0 bridgehead atoms. The lowest BCUT2D eigenvalue weighted by atomic mass is 9.97. The normalized spacial score (nSPS) is 22.5. The maximum atomic E-state index is 12.7. The van der Waals surface area contributed by atoms with Gasteiger partial charge >= 0.3 is 6.03 Å². The zero-order chi connectivity index (χ0) is 18.5. The second kappa shape index (κ2) is 8.87. The van der Waals surface area contributed by atoms with E-state index in [0.717, 1.165) is 39.0 Å². The summed E-state index contributed by atoms with van der Waals surface area (Å²) in [6, 6.07) is -0.0261. The van der Waals surface area contributed by atoms with Gasteiger partial charge in [-0.15, -0.1) is 0 Å². The van der Waals surface area contributed by atoms with E-state index in [1.165, 1.54) is 44.1 Å². The monoisotopic (exact) mass is 374 g/mol. The van der Waals surface area contributed by atoms with Crippen molar-refractivity contribution in [2.75, 3.05) is 19.7 Å². The molecule has 1 aromatic heterocycles. The van der Waals surface area contributed by atoms with Gasteiger partial charge in [-0.25, -0.2) is 4.79 Å². The number of nitrogens with zero attached hydrogens (tertiary/aromatic N) is 3. The Kier molecular flexibility index (Phi) is 6.07. The molecular formula is C20H30N4O3. The van der Waals surface area contributed by atoms with Crippen LogP contribution in [0.1, 0.15) is 75.6 Å². The Morgan fingerprint density at radius 1 is 1.26 bits per heavy atom. The second-order valence-electron chi connectivity index (χ2n) is 7.96. The predicted molar refractivity (Wildman–Crippen MR) is 99.9 cm³/mol. The van der Waals surface area contributed by atoms with Crippen LogP contribution in [-0.2, 0) is 11.3 Å². The Balaban J connectivity index is 1.27. The van der Waals surface area contributed by atoms with Crippen LogP contribution in [0.2, 0.25) is 0 Å². The number of hydrogen-bond acceptors (Lipinski definition) is 5. The van der Waals surface area contributed by atoms with Crippen molar-refractivity contribution in [3.8, 4) is 0 Å². The summed E-state index contributed by atoms with van der Waals surface area (Å²) >= 11 is 0. The van der Waals surface area contributed by atoms with Crippen LogP contribution in [0.5, 0.6) is 0 Å². The largest absolute Gasteiger partial charge is 0.368 e. The second-order valence-corrected chi connectivity index (χ2v) is 7.96. The third kappa shape index (κ3) is 5.31. The minimum Gasteiger partial charge on any atom is -0.368 e. The highest BCUT2D eigenvalue weighted by Crippen LogP contribution is 2.30. The van der Waals surface area contributed by atoms with Gasteiger partial charge in [-0.1, -0.05) is 16.8 Å². The van der Waals surface area contributed by atoms with E-state index in [1.807, 2.05) is 4.90 Å². The van der Waals surface area contributed by atoms with E-state index in [2.05, 4.69) is 21.5 Å². The Bertz CT molecular complexity index is 662. The molecule has 4 rings (SSSR count). The molecule has 2 amide bonds. The summed E-state index contributed by atoms with van der Waals surface area (Å²) in [4.78, 5) is 19.0.